The Morgan fingerprint density at radius 3 is 1.74 bits per heavy atom. The molecule has 2 nitrogen and oxygen atoms in total. The number of hydrogen-bond donors (Lipinski definition) is 2. The summed E-state index contributed by atoms with van der Waals surface area (Å²) >= 11 is 0. The van der Waals surface area contributed by atoms with Gasteiger partial charge in [-0.1, -0.05) is 54.6 Å². The van der Waals surface area contributed by atoms with Gasteiger partial charge in [-0.05, 0) is 57.2 Å². The van der Waals surface area contributed by atoms with Crippen LogP contribution in [-0.4, -0.2) is 16.2 Å². The molecule has 122 valence electrons. The topological polar surface area (TPSA) is 32.3 Å². The van der Waals surface area contributed by atoms with Crippen LogP contribution in [0.5, 0.6) is 0 Å². The smallest absolute Gasteiger partial charge is 0.0931 e. The summed E-state index contributed by atoms with van der Waals surface area (Å²) in [6.45, 7) is 8.66. The summed E-state index contributed by atoms with van der Waals surface area (Å²) in [7, 11) is 0. The van der Waals surface area contributed by atoms with Gasteiger partial charge in [-0.15, -0.1) is 0 Å². The Bertz CT molecular complexity index is 655. The summed E-state index contributed by atoms with van der Waals surface area (Å²) in [4.78, 5) is 0. The molecular formula is C21H27NO. The molecule has 0 aromatic heterocycles. The third-order valence-electron chi connectivity index (χ3n) is 4.67. The fraction of sp³-hybridized carbons (Fsp3) is 0.429. The lowest BCUT2D eigenvalue weighted by atomic mass is 9.70. The maximum atomic E-state index is 11.3. The maximum absolute atomic E-state index is 11.3. The van der Waals surface area contributed by atoms with E-state index in [1.165, 1.54) is 11.1 Å². The number of benzene rings is 2. The van der Waals surface area contributed by atoms with Gasteiger partial charge in [0.2, 0.25) is 0 Å². The zero-order valence-electron chi connectivity index (χ0n) is 14.6. The van der Waals surface area contributed by atoms with E-state index >= 15 is 0 Å². The van der Waals surface area contributed by atoms with Crippen molar-refractivity contribution in [1.82, 2.24) is 5.32 Å². The number of aliphatic hydroxyl groups is 1. The normalized spacial score (nSPS) is 21.8. The molecule has 2 aromatic carbocycles. The lowest BCUT2D eigenvalue weighted by Gasteiger charge is -2.51. The molecule has 0 unspecified atom stereocenters. The van der Waals surface area contributed by atoms with E-state index in [0.717, 1.165) is 5.56 Å². The zero-order chi connectivity index (χ0) is 16.7. The quantitative estimate of drug-likeness (QED) is 0.857. The van der Waals surface area contributed by atoms with Gasteiger partial charge >= 0.3 is 0 Å². The fourth-order valence-corrected chi connectivity index (χ4v) is 4.34. The van der Waals surface area contributed by atoms with Crippen molar-refractivity contribution in [2.24, 2.45) is 0 Å². The molecular weight excluding hydrogens is 282 g/mol. The second kappa shape index (κ2) is 5.47. The van der Waals surface area contributed by atoms with Gasteiger partial charge in [0.15, 0.2) is 0 Å². The van der Waals surface area contributed by atoms with E-state index in [0.29, 0.717) is 12.8 Å². The molecule has 2 aromatic rings. The van der Waals surface area contributed by atoms with Crippen LogP contribution in [0.3, 0.4) is 0 Å². The van der Waals surface area contributed by atoms with Gasteiger partial charge in [0.25, 0.3) is 0 Å². The Kier molecular flexibility index (Phi) is 3.86. The van der Waals surface area contributed by atoms with E-state index < -0.39 is 5.60 Å². The molecule has 0 spiro atoms. The molecule has 3 rings (SSSR count). The van der Waals surface area contributed by atoms with Gasteiger partial charge in [0.05, 0.1) is 5.60 Å². The number of nitrogens with one attached hydrogen (secondary N) is 1. The Hall–Kier alpha value is -1.64. The van der Waals surface area contributed by atoms with Crippen LogP contribution in [-0.2, 0) is 5.60 Å². The first-order valence-electron chi connectivity index (χ1n) is 8.37. The average Bonchev–Trinajstić information content (AvgIpc) is 2.44. The predicted molar refractivity (Wildman–Crippen MR) is 96.3 cm³/mol. The largest absolute Gasteiger partial charge is 0.385 e. The van der Waals surface area contributed by atoms with Crippen LogP contribution in [0.1, 0.15) is 46.1 Å². The second-order valence-corrected chi connectivity index (χ2v) is 8.22. The fourth-order valence-electron chi connectivity index (χ4n) is 4.34. The second-order valence-electron chi connectivity index (χ2n) is 8.22. The number of rotatable bonds is 2. The highest BCUT2D eigenvalue weighted by atomic mass is 16.3. The van der Waals surface area contributed by atoms with E-state index in [-0.39, 0.29) is 11.1 Å². The molecule has 2 heteroatoms. The van der Waals surface area contributed by atoms with Gasteiger partial charge in [0.1, 0.15) is 0 Å². The van der Waals surface area contributed by atoms with Crippen molar-refractivity contribution < 1.29 is 5.11 Å². The molecule has 1 aliphatic heterocycles. The van der Waals surface area contributed by atoms with Crippen molar-refractivity contribution in [1.29, 1.82) is 0 Å². The van der Waals surface area contributed by atoms with E-state index in [9.17, 15) is 5.11 Å². The van der Waals surface area contributed by atoms with Gasteiger partial charge in [-0.2, -0.15) is 0 Å². The molecule has 0 amide bonds. The van der Waals surface area contributed by atoms with Crippen LogP contribution in [0.4, 0.5) is 0 Å². The van der Waals surface area contributed by atoms with Crippen LogP contribution < -0.4 is 5.32 Å². The standard InChI is InChI=1S/C21H27NO/c1-19(2)14-21(23,15-20(3,4)22-19)18-12-10-17(11-13-18)16-8-6-5-7-9-16/h5-13,22-23H,14-15H2,1-4H3. The molecule has 0 radical (unpaired) electrons. The van der Waals surface area contributed by atoms with Gasteiger partial charge in [-0.3, -0.25) is 0 Å². The van der Waals surface area contributed by atoms with Gasteiger partial charge < -0.3 is 10.4 Å². The first-order chi connectivity index (χ1) is 10.7. The van der Waals surface area contributed by atoms with Crippen molar-refractivity contribution >= 4 is 0 Å². The molecule has 1 fully saturated rings. The highest BCUT2D eigenvalue weighted by Gasteiger charge is 2.46. The predicted octanol–water partition coefficient (Wildman–Crippen LogP) is 4.48. The van der Waals surface area contributed by atoms with Crippen LogP contribution in [0, 0.1) is 0 Å². The summed E-state index contributed by atoms with van der Waals surface area (Å²) in [5.74, 6) is 0. The highest BCUT2D eigenvalue weighted by Crippen LogP contribution is 2.42. The average molecular weight is 309 g/mol. The summed E-state index contributed by atoms with van der Waals surface area (Å²) in [5, 5.41) is 15.0. The summed E-state index contributed by atoms with van der Waals surface area (Å²) < 4.78 is 0. The number of hydrogen-bond acceptors (Lipinski definition) is 2. The first-order valence-corrected chi connectivity index (χ1v) is 8.37. The van der Waals surface area contributed by atoms with Gasteiger partial charge in [0, 0.05) is 11.1 Å². The van der Waals surface area contributed by atoms with E-state index in [4.69, 9.17) is 0 Å². The van der Waals surface area contributed by atoms with Crippen molar-refractivity contribution in [3.8, 4) is 11.1 Å². The lowest BCUT2D eigenvalue weighted by molar-refractivity contribution is -0.0614. The molecule has 1 aliphatic rings. The SMILES string of the molecule is CC1(C)CC(O)(c2ccc(-c3ccccc3)cc2)CC(C)(C)N1. The molecule has 0 aliphatic carbocycles. The summed E-state index contributed by atoms with van der Waals surface area (Å²) in [5.41, 5.74) is 2.44. The van der Waals surface area contributed by atoms with Crippen LogP contribution in [0.15, 0.2) is 54.6 Å². The molecule has 23 heavy (non-hydrogen) atoms. The first kappa shape index (κ1) is 16.2. The number of piperidine rings is 1. The third-order valence-corrected chi connectivity index (χ3v) is 4.67. The van der Waals surface area contributed by atoms with E-state index in [2.05, 4.69) is 81.5 Å². The summed E-state index contributed by atoms with van der Waals surface area (Å²) in [6.07, 6.45) is 1.43. The Balaban J connectivity index is 1.92. The van der Waals surface area contributed by atoms with Gasteiger partial charge in [-0.25, -0.2) is 0 Å². The molecule has 0 saturated carbocycles. The molecule has 1 saturated heterocycles. The van der Waals surface area contributed by atoms with Crippen LogP contribution in [0.2, 0.25) is 0 Å². The minimum absolute atomic E-state index is 0.0887. The Labute approximate surface area is 139 Å². The highest BCUT2D eigenvalue weighted by molar-refractivity contribution is 5.63. The van der Waals surface area contributed by atoms with Crippen LogP contribution >= 0.6 is 0 Å². The zero-order valence-corrected chi connectivity index (χ0v) is 14.6. The Morgan fingerprint density at radius 1 is 0.739 bits per heavy atom. The summed E-state index contributed by atoms with van der Waals surface area (Å²) in [6, 6.07) is 18.7. The molecule has 2 N–H and O–H groups in total. The Morgan fingerprint density at radius 2 is 1.22 bits per heavy atom. The van der Waals surface area contributed by atoms with E-state index in [1.807, 2.05) is 6.07 Å². The molecule has 0 bridgehead atoms. The van der Waals surface area contributed by atoms with Crippen molar-refractivity contribution in [2.45, 2.75) is 57.2 Å². The molecule has 1 heterocycles. The monoisotopic (exact) mass is 309 g/mol. The maximum Gasteiger partial charge on any atom is 0.0931 e. The van der Waals surface area contributed by atoms with Crippen molar-refractivity contribution in [3.63, 3.8) is 0 Å². The van der Waals surface area contributed by atoms with Crippen molar-refractivity contribution in [2.75, 3.05) is 0 Å². The van der Waals surface area contributed by atoms with Crippen molar-refractivity contribution in [3.05, 3.63) is 60.2 Å². The third kappa shape index (κ3) is 3.49. The van der Waals surface area contributed by atoms with Crippen LogP contribution in [0.25, 0.3) is 11.1 Å². The minimum Gasteiger partial charge on any atom is -0.385 e. The molecule has 0 atom stereocenters. The van der Waals surface area contributed by atoms with E-state index in [1.54, 1.807) is 0 Å². The minimum atomic E-state index is -0.784. The lowest BCUT2D eigenvalue weighted by Crippen LogP contribution is -2.62.